The van der Waals surface area contributed by atoms with Gasteiger partial charge in [-0.25, -0.2) is 0 Å². The van der Waals surface area contributed by atoms with Crippen LogP contribution in [0.25, 0.3) is 0 Å². The molecule has 0 saturated carbocycles. The standard InChI is InChI=1S/C16H21N3O4/c1-10(2)15-17-16(23-18-15)12-5-4-6-19(12)8-11-7-13(20)14(21-3)9-22-11/h7,9-10,12H,4-6,8H2,1-3H3/t12-/m1/s1. The molecule has 3 heterocycles. The molecule has 0 N–H and O–H groups in total. The summed E-state index contributed by atoms with van der Waals surface area (Å²) in [6.45, 7) is 5.50. The molecule has 23 heavy (non-hydrogen) atoms. The monoisotopic (exact) mass is 319 g/mol. The van der Waals surface area contributed by atoms with Crippen LogP contribution in [-0.4, -0.2) is 28.7 Å². The molecule has 7 nitrogen and oxygen atoms in total. The highest BCUT2D eigenvalue weighted by Crippen LogP contribution is 2.32. The third kappa shape index (κ3) is 3.29. The van der Waals surface area contributed by atoms with Crippen molar-refractivity contribution in [3.05, 3.63) is 40.0 Å². The molecule has 0 spiro atoms. The summed E-state index contributed by atoms with van der Waals surface area (Å²) >= 11 is 0. The summed E-state index contributed by atoms with van der Waals surface area (Å²) in [6.07, 6.45) is 3.36. The molecule has 0 aliphatic carbocycles. The van der Waals surface area contributed by atoms with Crippen molar-refractivity contribution in [1.29, 1.82) is 0 Å². The molecule has 7 heteroatoms. The molecule has 0 unspecified atom stereocenters. The molecule has 3 rings (SSSR count). The van der Waals surface area contributed by atoms with Crippen molar-refractivity contribution >= 4 is 0 Å². The number of methoxy groups -OCH3 is 1. The Labute approximate surface area is 134 Å². The fourth-order valence-corrected chi connectivity index (χ4v) is 2.78. The zero-order valence-electron chi connectivity index (χ0n) is 13.6. The molecule has 124 valence electrons. The second-order valence-electron chi connectivity index (χ2n) is 6.05. The van der Waals surface area contributed by atoms with Crippen LogP contribution in [0.3, 0.4) is 0 Å². The Morgan fingerprint density at radius 2 is 2.30 bits per heavy atom. The second kappa shape index (κ2) is 6.54. The zero-order valence-corrected chi connectivity index (χ0v) is 13.6. The van der Waals surface area contributed by atoms with E-state index in [0.717, 1.165) is 25.2 Å². The topological polar surface area (TPSA) is 81.6 Å². The van der Waals surface area contributed by atoms with Crippen molar-refractivity contribution in [2.75, 3.05) is 13.7 Å². The Morgan fingerprint density at radius 3 is 2.96 bits per heavy atom. The first-order chi connectivity index (χ1) is 11.1. The first-order valence-electron chi connectivity index (χ1n) is 7.81. The van der Waals surface area contributed by atoms with Gasteiger partial charge in [0.1, 0.15) is 12.0 Å². The number of nitrogens with zero attached hydrogens (tertiary/aromatic N) is 3. The lowest BCUT2D eigenvalue weighted by atomic mass is 10.2. The third-order valence-electron chi connectivity index (χ3n) is 4.05. The van der Waals surface area contributed by atoms with E-state index in [1.807, 2.05) is 13.8 Å². The van der Waals surface area contributed by atoms with Crippen molar-refractivity contribution in [3.8, 4) is 5.75 Å². The van der Waals surface area contributed by atoms with Crippen LogP contribution < -0.4 is 10.2 Å². The van der Waals surface area contributed by atoms with Crippen molar-refractivity contribution in [1.82, 2.24) is 15.0 Å². The Balaban J connectivity index is 1.76. The molecule has 2 aromatic rings. The van der Waals surface area contributed by atoms with Gasteiger partial charge in [0.05, 0.1) is 19.7 Å². The van der Waals surface area contributed by atoms with E-state index < -0.39 is 0 Å². The maximum atomic E-state index is 11.8. The number of ether oxygens (including phenoxy) is 1. The summed E-state index contributed by atoms with van der Waals surface area (Å²) in [5.74, 6) is 2.42. The Bertz CT molecular complexity index is 722. The molecule has 1 aliphatic heterocycles. The van der Waals surface area contributed by atoms with Crippen LogP contribution in [0.1, 0.15) is 56.1 Å². The Hall–Kier alpha value is -2.15. The average Bonchev–Trinajstić information content (AvgIpc) is 3.16. The van der Waals surface area contributed by atoms with Gasteiger partial charge in [0.2, 0.25) is 17.1 Å². The third-order valence-corrected chi connectivity index (χ3v) is 4.05. The molecule has 0 bridgehead atoms. The van der Waals surface area contributed by atoms with Crippen molar-refractivity contribution < 1.29 is 13.7 Å². The summed E-state index contributed by atoms with van der Waals surface area (Å²) in [6, 6.07) is 1.55. The SMILES string of the molecule is COc1coc(CN2CCC[C@@H]2c2nc(C(C)C)no2)cc1=O. The fraction of sp³-hybridized carbons (Fsp3) is 0.562. The number of aromatic nitrogens is 2. The van der Waals surface area contributed by atoms with Gasteiger partial charge in [-0.15, -0.1) is 0 Å². The predicted octanol–water partition coefficient (Wildman–Crippen LogP) is 2.49. The lowest BCUT2D eigenvalue weighted by Crippen LogP contribution is -2.23. The quantitative estimate of drug-likeness (QED) is 0.837. The van der Waals surface area contributed by atoms with Crippen LogP contribution in [0.5, 0.6) is 5.75 Å². The first-order valence-corrected chi connectivity index (χ1v) is 7.81. The van der Waals surface area contributed by atoms with E-state index in [1.165, 1.54) is 19.4 Å². The van der Waals surface area contributed by atoms with E-state index in [9.17, 15) is 4.79 Å². The van der Waals surface area contributed by atoms with Gasteiger partial charge in [0.15, 0.2) is 5.82 Å². The molecule has 0 amide bonds. The molecule has 1 aliphatic rings. The largest absolute Gasteiger partial charge is 0.490 e. The Morgan fingerprint density at radius 1 is 1.48 bits per heavy atom. The number of likely N-dealkylation sites (tertiary alicyclic amines) is 1. The van der Waals surface area contributed by atoms with Gasteiger partial charge in [0, 0.05) is 12.0 Å². The smallest absolute Gasteiger partial charge is 0.244 e. The minimum atomic E-state index is -0.176. The van der Waals surface area contributed by atoms with E-state index >= 15 is 0 Å². The van der Waals surface area contributed by atoms with Gasteiger partial charge < -0.3 is 13.7 Å². The van der Waals surface area contributed by atoms with Gasteiger partial charge in [-0.3, -0.25) is 9.69 Å². The summed E-state index contributed by atoms with van der Waals surface area (Å²) in [5.41, 5.74) is -0.176. The van der Waals surface area contributed by atoms with Crippen LogP contribution in [0, 0.1) is 0 Å². The minimum absolute atomic E-state index is 0.0717. The van der Waals surface area contributed by atoms with Crippen molar-refractivity contribution in [2.24, 2.45) is 0 Å². The van der Waals surface area contributed by atoms with Crippen LogP contribution in [0.15, 0.2) is 26.1 Å². The van der Waals surface area contributed by atoms with E-state index in [1.54, 1.807) is 0 Å². The van der Waals surface area contributed by atoms with E-state index in [4.69, 9.17) is 13.7 Å². The molecule has 1 atom stereocenters. The lowest BCUT2D eigenvalue weighted by Gasteiger charge is -2.20. The Kier molecular flexibility index (Phi) is 4.47. The first kappa shape index (κ1) is 15.7. The molecular weight excluding hydrogens is 298 g/mol. The summed E-state index contributed by atoms with van der Waals surface area (Å²) in [7, 11) is 1.45. The average molecular weight is 319 g/mol. The van der Waals surface area contributed by atoms with Gasteiger partial charge in [0.25, 0.3) is 0 Å². The van der Waals surface area contributed by atoms with Gasteiger partial charge in [-0.05, 0) is 19.4 Å². The molecular formula is C16H21N3O4. The summed E-state index contributed by atoms with van der Waals surface area (Å²) in [5, 5.41) is 4.04. The van der Waals surface area contributed by atoms with Crippen LogP contribution in [0.2, 0.25) is 0 Å². The van der Waals surface area contributed by atoms with E-state index in [2.05, 4.69) is 15.0 Å². The van der Waals surface area contributed by atoms with Crippen molar-refractivity contribution in [2.45, 2.75) is 45.2 Å². The molecule has 1 saturated heterocycles. The highest BCUT2D eigenvalue weighted by atomic mass is 16.5. The van der Waals surface area contributed by atoms with Crippen LogP contribution >= 0.6 is 0 Å². The molecule has 2 aromatic heterocycles. The summed E-state index contributed by atoms with van der Waals surface area (Å²) in [4.78, 5) is 18.5. The van der Waals surface area contributed by atoms with Gasteiger partial charge in [-0.2, -0.15) is 4.98 Å². The fourth-order valence-electron chi connectivity index (χ4n) is 2.78. The number of hydrogen-bond donors (Lipinski definition) is 0. The maximum absolute atomic E-state index is 11.8. The second-order valence-corrected chi connectivity index (χ2v) is 6.05. The van der Waals surface area contributed by atoms with Crippen molar-refractivity contribution in [3.63, 3.8) is 0 Å². The normalized spacial score (nSPS) is 18.7. The van der Waals surface area contributed by atoms with Crippen LogP contribution in [0.4, 0.5) is 0 Å². The molecule has 0 aromatic carbocycles. The lowest BCUT2D eigenvalue weighted by molar-refractivity contribution is 0.186. The minimum Gasteiger partial charge on any atom is -0.490 e. The van der Waals surface area contributed by atoms with E-state index in [0.29, 0.717) is 18.2 Å². The zero-order chi connectivity index (χ0) is 16.4. The number of hydrogen-bond acceptors (Lipinski definition) is 7. The van der Waals surface area contributed by atoms with Gasteiger partial charge in [-0.1, -0.05) is 19.0 Å². The number of rotatable bonds is 5. The van der Waals surface area contributed by atoms with E-state index in [-0.39, 0.29) is 23.1 Å². The molecule has 0 radical (unpaired) electrons. The maximum Gasteiger partial charge on any atom is 0.244 e. The molecule has 1 fully saturated rings. The summed E-state index contributed by atoms with van der Waals surface area (Å²) < 4.78 is 15.8. The van der Waals surface area contributed by atoms with Gasteiger partial charge >= 0.3 is 0 Å². The highest BCUT2D eigenvalue weighted by Gasteiger charge is 2.31. The predicted molar refractivity (Wildman–Crippen MR) is 82.3 cm³/mol. The highest BCUT2D eigenvalue weighted by molar-refractivity contribution is 5.17. The van der Waals surface area contributed by atoms with Crippen LogP contribution in [-0.2, 0) is 6.54 Å².